The molecule has 0 N–H and O–H groups in total. The average Bonchev–Trinajstić information content (AvgIpc) is 2.85. The third-order valence-corrected chi connectivity index (χ3v) is 4.27. The lowest BCUT2D eigenvalue weighted by molar-refractivity contribution is -0.151. The highest BCUT2D eigenvalue weighted by molar-refractivity contribution is 5.69. The van der Waals surface area contributed by atoms with Crippen molar-refractivity contribution in [3.05, 3.63) is 23.8 Å². The molecule has 0 radical (unpaired) electrons. The van der Waals surface area contributed by atoms with Crippen molar-refractivity contribution in [2.45, 2.75) is 44.6 Å². The van der Waals surface area contributed by atoms with E-state index in [1.807, 2.05) is 25.1 Å². The second-order valence-corrected chi connectivity index (χ2v) is 6.39. The van der Waals surface area contributed by atoms with Gasteiger partial charge in [0.25, 0.3) is 0 Å². The molecule has 2 aliphatic heterocycles. The Kier molecular flexibility index (Phi) is 5.06. The Hall–Kier alpha value is -1.75. The smallest absolute Gasteiger partial charge is 0.306 e. The number of hydrogen-bond donors (Lipinski definition) is 0. The normalized spacial score (nSPS) is 23.3. The van der Waals surface area contributed by atoms with Gasteiger partial charge in [-0.3, -0.25) is 4.79 Å². The van der Waals surface area contributed by atoms with Gasteiger partial charge in [0.2, 0.25) is 0 Å². The van der Waals surface area contributed by atoms with Gasteiger partial charge in [0.05, 0.1) is 18.8 Å². The molecule has 0 bridgehead atoms. The van der Waals surface area contributed by atoms with Crippen LogP contribution in [0.15, 0.2) is 18.2 Å². The molecule has 126 valence electrons. The number of carbonyl (C=O) groups excluding carboxylic acids is 1. The molecule has 3 rings (SSSR count). The molecular weight excluding hydrogens is 296 g/mol. The predicted molar refractivity (Wildman–Crippen MR) is 84.9 cm³/mol. The number of fused-ring (bicyclic) bond motifs is 1. The van der Waals surface area contributed by atoms with Crippen LogP contribution in [0.1, 0.15) is 38.2 Å². The van der Waals surface area contributed by atoms with Gasteiger partial charge in [-0.15, -0.1) is 0 Å². The van der Waals surface area contributed by atoms with Gasteiger partial charge >= 0.3 is 5.97 Å². The average molecular weight is 320 g/mol. The van der Waals surface area contributed by atoms with Crippen molar-refractivity contribution in [2.24, 2.45) is 0 Å². The van der Waals surface area contributed by atoms with Gasteiger partial charge in [0.15, 0.2) is 11.5 Å². The maximum Gasteiger partial charge on any atom is 0.306 e. The molecule has 1 atom stereocenters. The van der Waals surface area contributed by atoms with Gasteiger partial charge in [-0.25, -0.2) is 0 Å². The standard InChI is InChI=1S/C18H24O5/c1-18(8-2-11-23-18)13-22-17(19)7-5-14-4-6-15-16(12-14)21-10-3-9-20-15/h4,6,12H,2-3,5,7-11,13H2,1H3/t18-/m1/s1. The van der Waals surface area contributed by atoms with Crippen LogP contribution >= 0.6 is 0 Å². The van der Waals surface area contributed by atoms with Crippen LogP contribution in [0.4, 0.5) is 0 Å². The molecule has 1 fully saturated rings. The lowest BCUT2D eigenvalue weighted by atomic mass is 10.0. The molecule has 0 amide bonds. The van der Waals surface area contributed by atoms with Crippen molar-refractivity contribution < 1.29 is 23.7 Å². The van der Waals surface area contributed by atoms with Crippen LogP contribution in [-0.4, -0.2) is 38.0 Å². The minimum atomic E-state index is -0.301. The molecule has 0 aromatic heterocycles. The summed E-state index contributed by atoms with van der Waals surface area (Å²) in [5.74, 6) is 1.36. The van der Waals surface area contributed by atoms with Gasteiger partial charge in [0.1, 0.15) is 6.61 Å². The zero-order chi connectivity index (χ0) is 16.1. The van der Waals surface area contributed by atoms with E-state index in [-0.39, 0.29) is 11.6 Å². The molecule has 2 heterocycles. The summed E-state index contributed by atoms with van der Waals surface area (Å²) in [4.78, 5) is 11.9. The number of carbonyl (C=O) groups is 1. The first-order chi connectivity index (χ1) is 11.1. The van der Waals surface area contributed by atoms with Crippen molar-refractivity contribution in [3.8, 4) is 11.5 Å². The van der Waals surface area contributed by atoms with E-state index < -0.39 is 0 Å². The van der Waals surface area contributed by atoms with E-state index in [9.17, 15) is 4.79 Å². The molecule has 0 unspecified atom stereocenters. The summed E-state index contributed by atoms with van der Waals surface area (Å²) in [5.41, 5.74) is 0.750. The fourth-order valence-corrected chi connectivity index (χ4v) is 2.87. The van der Waals surface area contributed by atoms with Crippen molar-refractivity contribution >= 4 is 5.97 Å². The van der Waals surface area contributed by atoms with E-state index in [1.54, 1.807) is 0 Å². The zero-order valence-electron chi connectivity index (χ0n) is 13.6. The number of hydrogen-bond acceptors (Lipinski definition) is 5. The lowest BCUT2D eigenvalue weighted by Crippen LogP contribution is -2.31. The summed E-state index contributed by atoms with van der Waals surface area (Å²) in [6.45, 7) is 4.44. The Bertz CT molecular complexity index is 548. The molecule has 1 aromatic rings. The molecule has 5 nitrogen and oxygen atoms in total. The second kappa shape index (κ2) is 7.21. The predicted octanol–water partition coefficient (Wildman–Crippen LogP) is 2.89. The summed E-state index contributed by atoms with van der Waals surface area (Å²) < 4.78 is 22.3. The number of benzene rings is 1. The van der Waals surface area contributed by atoms with E-state index in [0.717, 1.165) is 42.9 Å². The van der Waals surface area contributed by atoms with Crippen LogP contribution in [-0.2, 0) is 20.7 Å². The fourth-order valence-electron chi connectivity index (χ4n) is 2.87. The molecule has 23 heavy (non-hydrogen) atoms. The summed E-state index contributed by atoms with van der Waals surface area (Å²) in [5, 5.41) is 0. The Labute approximate surface area is 136 Å². The summed E-state index contributed by atoms with van der Waals surface area (Å²) >= 11 is 0. The summed E-state index contributed by atoms with van der Waals surface area (Å²) in [6.07, 6.45) is 3.85. The van der Waals surface area contributed by atoms with Gasteiger partial charge in [-0.05, 0) is 43.9 Å². The maximum absolute atomic E-state index is 11.9. The minimum Gasteiger partial charge on any atom is -0.490 e. The highest BCUT2D eigenvalue weighted by Gasteiger charge is 2.31. The first-order valence-corrected chi connectivity index (χ1v) is 8.33. The van der Waals surface area contributed by atoms with Crippen molar-refractivity contribution in [1.29, 1.82) is 0 Å². The SMILES string of the molecule is C[C@]1(COC(=O)CCc2ccc3c(c2)OCCCO3)CCCO1. The minimum absolute atomic E-state index is 0.186. The summed E-state index contributed by atoms with van der Waals surface area (Å²) in [6, 6.07) is 5.84. The van der Waals surface area contributed by atoms with Crippen LogP contribution in [0.5, 0.6) is 11.5 Å². The van der Waals surface area contributed by atoms with E-state index in [1.165, 1.54) is 0 Å². The number of esters is 1. The molecule has 0 spiro atoms. The first kappa shape index (κ1) is 16.1. The van der Waals surface area contributed by atoms with E-state index >= 15 is 0 Å². The van der Waals surface area contributed by atoms with Crippen molar-refractivity contribution in [2.75, 3.05) is 26.4 Å². The quantitative estimate of drug-likeness (QED) is 0.781. The number of rotatable bonds is 5. The van der Waals surface area contributed by atoms with Crippen LogP contribution in [0.3, 0.4) is 0 Å². The molecule has 0 saturated carbocycles. The largest absolute Gasteiger partial charge is 0.490 e. The van der Waals surface area contributed by atoms with Crippen LogP contribution < -0.4 is 9.47 Å². The van der Waals surface area contributed by atoms with Gasteiger partial charge < -0.3 is 18.9 Å². The van der Waals surface area contributed by atoms with E-state index in [2.05, 4.69) is 0 Å². The Balaban J connectivity index is 1.48. The molecule has 1 aromatic carbocycles. The monoisotopic (exact) mass is 320 g/mol. The highest BCUT2D eigenvalue weighted by Crippen LogP contribution is 2.31. The number of ether oxygens (including phenoxy) is 4. The Morgan fingerprint density at radius 3 is 2.78 bits per heavy atom. The van der Waals surface area contributed by atoms with Crippen LogP contribution in [0.25, 0.3) is 0 Å². The zero-order valence-corrected chi connectivity index (χ0v) is 13.6. The highest BCUT2D eigenvalue weighted by atomic mass is 16.6. The maximum atomic E-state index is 11.9. The van der Waals surface area contributed by atoms with Crippen molar-refractivity contribution in [3.63, 3.8) is 0 Å². The second-order valence-electron chi connectivity index (χ2n) is 6.39. The molecule has 0 aliphatic carbocycles. The van der Waals surface area contributed by atoms with Crippen molar-refractivity contribution in [1.82, 2.24) is 0 Å². The third kappa shape index (κ3) is 4.38. The van der Waals surface area contributed by atoms with Gasteiger partial charge in [0, 0.05) is 19.4 Å². The van der Waals surface area contributed by atoms with E-state index in [0.29, 0.717) is 32.7 Å². The van der Waals surface area contributed by atoms with Gasteiger partial charge in [-0.1, -0.05) is 6.07 Å². The van der Waals surface area contributed by atoms with E-state index in [4.69, 9.17) is 18.9 Å². The lowest BCUT2D eigenvalue weighted by Gasteiger charge is -2.22. The van der Waals surface area contributed by atoms with Gasteiger partial charge in [-0.2, -0.15) is 0 Å². The third-order valence-electron chi connectivity index (χ3n) is 4.27. The topological polar surface area (TPSA) is 54.0 Å². The summed E-state index contributed by atoms with van der Waals surface area (Å²) in [7, 11) is 0. The Morgan fingerprint density at radius 1 is 1.17 bits per heavy atom. The first-order valence-electron chi connectivity index (χ1n) is 8.33. The fraction of sp³-hybridized carbons (Fsp3) is 0.611. The molecule has 5 heteroatoms. The molecular formula is C18H24O5. The van der Waals surface area contributed by atoms with Crippen LogP contribution in [0, 0.1) is 0 Å². The molecule has 1 saturated heterocycles. The van der Waals surface area contributed by atoms with Crippen LogP contribution in [0.2, 0.25) is 0 Å². The number of aryl methyl sites for hydroxylation is 1. The molecule has 2 aliphatic rings. The Morgan fingerprint density at radius 2 is 2.00 bits per heavy atom.